The first-order valence-corrected chi connectivity index (χ1v) is 13.2. The number of likely N-dealkylation sites (tertiary alicyclic amines) is 1. The van der Waals surface area contributed by atoms with E-state index in [1.807, 2.05) is 32.9 Å². The lowest BCUT2D eigenvalue weighted by molar-refractivity contribution is -0.166. The first kappa shape index (κ1) is 26.1. The number of hydrogen-bond acceptors (Lipinski definition) is 5. The quantitative estimate of drug-likeness (QED) is 0.574. The predicted octanol–water partition coefficient (Wildman–Crippen LogP) is 3.96. The molecule has 38 heavy (non-hydrogen) atoms. The average molecular weight is 523 g/mol. The minimum atomic E-state index is -0.577. The minimum Gasteiger partial charge on any atom is -0.444 e. The zero-order chi connectivity index (χ0) is 27.1. The third-order valence-corrected chi connectivity index (χ3v) is 8.09. The Balaban J connectivity index is 1.23. The molecule has 2 atom stereocenters. The van der Waals surface area contributed by atoms with E-state index in [9.17, 15) is 18.8 Å². The standard InChI is InChI=1S/C29H35FN4O4/c1-27(2,3)38-26(37)34-12-10-22(15-34)32-24(35)13-23(33-25(36)19-5-4-11-31-14-19)29-16-28(17-29,18-29)20-6-8-21(30)9-7-20/h4-9,11,14,22-23H,10,12-13,15-18H2,1-3H3,(H,32,35)(H,33,36). The molecular weight excluding hydrogens is 487 g/mol. The molecule has 2 N–H and O–H groups in total. The Labute approximate surface area is 222 Å². The third-order valence-electron chi connectivity index (χ3n) is 8.09. The highest BCUT2D eigenvalue weighted by molar-refractivity contribution is 5.94. The molecule has 9 heteroatoms. The fourth-order valence-corrected chi connectivity index (χ4v) is 6.35. The number of pyridine rings is 1. The van der Waals surface area contributed by atoms with Gasteiger partial charge in [-0.1, -0.05) is 12.1 Å². The van der Waals surface area contributed by atoms with Gasteiger partial charge < -0.3 is 20.3 Å². The number of amides is 3. The van der Waals surface area contributed by atoms with E-state index in [0.29, 0.717) is 25.1 Å². The van der Waals surface area contributed by atoms with Gasteiger partial charge in [0.15, 0.2) is 0 Å². The van der Waals surface area contributed by atoms with E-state index in [0.717, 1.165) is 24.8 Å². The zero-order valence-electron chi connectivity index (χ0n) is 22.1. The van der Waals surface area contributed by atoms with Crippen molar-refractivity contribution in [3.63, 3.8) is 0 Å². The maximum absolute atomic E-state index is 13.4. The van der Waals surface area contributed by atoms with Gasteiger partial charge in [0.05, 0.1) is 5.56 Å². The number of nitrogens with one attached hydrogen (secondary N) is 2. The maximum Gasteiger partial charge on any atom is 0.410 e. The fraction of sp³-hybridized carbons (Fsp3) is 0.517. The molecule has 8 nitrogen and oxygen atoms in total. The van der Waals surface area contributed by atoms with Crippen LogP contribution < -0.4 is 10.6 Å². The highest BCUT2D eigenvalue weighted by Crippen LogP contribution is 2.75. The second-order valence-electron chi connectivity index (χ2n) is 12.1. The summed E-state index contributed by atoms with van der Waals surface area (Å²) in [6, 6.07) is 9.54. The smallest absolute Gasteiger partial charge is 0.410 e. The summed E-state index contributed by atoms with van der Waals surface area (Å²) in [5.74, 6) is -0.669. The SMILES string of the molecule is CC(C)(C)OC(=O)N1CCC(NC(=O)CC(NC(=O)c2cccnc2)C23CC(c4ccc(F)cc4)(C2)C3)C1. The van der Waals surface area contributed by atoms with Gasteiger partial charge in [-0.15, -0.1) is 0 Å². The van der Waals surface area contributed by atoms with Gasteiger partial charge in [-0.25, -0.2) is 9.18 Å². The molecule has 1 aromatic heterocycles. The van der Waals surface area contributed by atoms with Crippen molar-refractivity contribution in [2.45, 2.75) is 76.0 Å². The molecule has 2 aromatic rings. The second kappa shape index (κ2) is 9.67. The van der Waals surface area contributed by atoms with Crippen molar-refractivity contribution in [1.82, 2.24) is 20.5 Å². The van der Waals surface area contributed by atoms with Gasteiger partial charge in [-0.05, 0) is 87.1 Å². The molecule has 202 valence electrons. The van der Waals surface area contributed by atoms with Crippen molar-refractivity contribution in [2.75, 3.05) is 13.1 Å². The lowest BCUT2D eigenvalue weighted by Gasteiger charge is -2.73. The summed E-state index contributed by atoms with van der Waals surface area (Å²) in [5.41, 5.74) is 0.784. The van der Waals surface area contributed by atoms with E-state index in [1.54, 1.807) is 23.2 Å². The lowest BCUT2D eigenvalue weighted by Crippen LogP contribution is -2.72. The predicted molar refractivity (Wildman–Crippen MR) is 139 cm³/mol. The summed E-state index contributed by atoms with van der Waals surface area (Å²) >= 11 is 0. The van der Waals surface area contributed by atoms with Crippen LogP contribution in [-0.4, -0.2) is 58.6 Å². The number of hydrogen-bond donors (Lipinski definition) is 2. The van der Waals surface area contributed by atoms with Gasteiger partial charge in [0.1, 0.15) is 11.4 Å². The van der Waals surface area contributed by atoms with Crippen LogP contribution in [0.2, 0.25) is 0 Å². The number of benzene rings is 1. The van der Waals surface area contributed by atoms with Crippen LogP contribution in [0.5, 0.6) is 0 Å². The van der Waals surface area contributed by atoms with Gasteiger partial charge in [-0.3, -0.25) is 14.6 Å². The molecular formula is C29H35FN4O4. The normalized spacial score (nSPS) is 26.5. The van der Waals surface area contributed by atoms with Crippen molar-refractivity contribution >= 4 is 17.9 Å². The van der Waals surface area contributed by atoms with Gasteiger partial charge >= 0.3 is 6.09 Å². The number of carbonyl (C=O) groups excluding carboxylic acids is 3. The second-order valence-corrected chi connectivity index (χ2v) is 12.1. The summed E-state index contributed by atoms with van der Waals surface area (Å²) in [6.45, 7) is 6.39. The van der Waals surface area contributed by atoms with E-state index >= 15 is 0 Å². The van der Waals surface area contributed by atoms with Gasteiger partial charge in [0.25, 0.3) is 5.91 Å². The van der Waals surface area contributed by atoms with Crippen molar-refractivity contribution in [1.29, 1.82) is 0 Å². The Morgan fingerprint density at radius 1 is 1.16 bits per heavy atom. The van der Waals surface area contributed by atoms with E-state index in [4.69, 9.17) is 4.74 Å². The van der Waals surface area contributed by atoms with Crippen LogP contribution >= 0.6 is 0 Å². The van der Waals surface area contributed by atoms with Crippen LogP contribution in [0, 0.1) is 11.2 Å². The summed E-state index contributed by atoms with van der Waals surface area (Å²) in [7, 11) is 0. The zero-order valence-corrected chi connectivity index (χ0v) is 22.1. The Morgan fingerprint density at radius 2 is 1.87 bits per heavy atom. The molecule has 0 spiro atoms. The molecule has 3 amide bonds. The molecule has 1 aliphatic heterocycles. The van der Waals surface area contributed by atoms with Crippen molar-refractivity contribution < 1.29 is 23.5 Å². The number of nitrogens with zero attached hydrogens (tertiary/aromatic N) is 2. The van der Waals surface area contributed by atoms with Crippen LogP contribution in [-0.2, 0) is 14.9 Å². The van der Waals surface area contributed by atoms with Crippen molar-refractivity contribution in [3.05, 3.63) is 65.7 Å². The number of ether oxygens (including phenoxy) is 1. The first-order valence-electron chi connectivity index (χ1n) is 13.2. The monoisotopic (exact) mass is 522 g/mol. The molecule has 4 fully saturated rings. The van der Waals surface area contributed by atoms with Crippen LogP contribution in [0.15, 0.2) is 48.8 Å². The Bertz CT molecular complexity index is 1190. The van der Waals surface area contributed by atoms with E-state index in [-0.39, 0.29) is 53.1 Å². The van der Waals surface area contributed by atoms with Crippen LogP contribution in [0.25, 0.3) is 0 Å². The van der Waals surface area contributed by atoms with Gasteiger partial charge in [0.2, 0.25) is 5.91 Å². The van der Waals surface area contributed by atoms with E-state index in [1.165, 1.54) is 18.3 Å². The Morgan fingerprint density at radius 3 is 2.50 bits per heavy atom. The summed E-state index contributed by atoms with van der Waals surface area (Å²) in [5, 5.41) is 6.18. The molecule has 1 saturated heterocycles. The van der Waals surface area contributed by atoms with Crippen LogP contribution in [0.4, 0.5) is 9.18 Å². The topological polar surface area (TPSA) is 101 Å². The van der Waals surface area contributed by atoms with Crippen molar-refractivity contribution in [3.8, 4) is 0 Å². The largest absolute Gasteiger partial charge is 0.444 e. The molecule has 2 unspecified atom stereocenters. The summed E-state index contributed by atoms with van der Waals surface area (Å²) in [4.78, 5) is 44.2. The third kappa shape index (κ3) is 5.24. The van der Waals surface area contributed by atoms with Crippen molar-refractivity contribution in [2.24, 2.45) is 5.41 Å². The van der Waals surface area contributed by atoms with E-state index in [2.05, 4.69) is 15.6 Å². The van der Waals surface area contributed by atoms with E-state index < -0.39 is 5.60 Å². The van der Waals surface area contributed by atoms with Gasteiger partial charge in [-0.2, -0.15) is 0 Å². The number of aromatic nitrogens is 1. The van der Waals surface area contributed by atoms with Gasteiger partial charge in [0, 0.05) is 44.0 Å². The molecule has 3 aliphatic carbocycles. The Hall–Kier alpha value is -3.49. The fourth-order valence-electron chi connectivity index (χ4n) is 6.35. The number of carbonyl (C=O) groups is 3. The average Bonchev–Trinajstić information content (AvgIpc) is 3.26. The molecule has 3 saturated carbocycles. The maximum atomic E-state index is 13.4. The number of rotatable bonds is 7. The molecule has 1 aromatic carbocycles. The molecule has 4 aliphatic rings. The summed E-state index contributed by atoms with van der Waals surface area (Å²) in [6.07, 6.45) is 6.06. The highest BCUT2D eigenvalue weighted by Gasteiger charge is 2.71. The minimum absolute atomic E-state index is 0.0131. The molecule has 0 radical (unpaired) electrons. The lowest BCUT2D eigenvalue weighted by atomic mass is 9.31. The van der Waals surface area contributed by atoms with Crippen LogP contribution in [0.3, 0.4) is 0 Å². The highest BCUT2D eigenvalue weighted by atomic mass is 19.1. The summed E-state index contributed by atoms with van der Waals surface area (Å²) < 4.78 is 18.9. The number of halogens is 1. The molecule has 2 heterocycles. The van der Waals surface area contributed by atoms with Crippen LogP contribution in [0.1, 0.15) is 68.8 Å². The Kier molecular flexibility index (Phi) is 6.65. The first-order chi connectivity index (χ1) is 18.0. The molecule has 6 rings (SSSR count). The molecule has 2 bridgehead atoms.